The lowest BCUT2D eigenvalue weighted by Crippen LogP contribution is -2.16. The summed E-state index contributed by atoms with van der Waals surface area (Å²) < 4.78 is 10.9. The predicted molar refractivity (Wildman–Crippen MR) is 72.0 cm³/mol. The minimum atomic E-state index is -0.172. The molecule has 0 amide bonds. The number of carbonyl (C=O) groups excluding carboxylic acids is 1. The highest BCUT2D eigenvalue weighted by atomic mass is 16.5. The van der Waals surface area contributed by atoms with E-state index < -0.39 is 0 Å². The lowest BCUT2D eigenvalue weighted by Gasteiger charge is -2.16. The second kappa shape index (κ2) is 7.75. The third kappa shape index (κ3) is 4.40. The third-order valence-corrected chi connectivity index (χ3v) is 2.59. The first-order chi connectivity index (χ1) is 8.69. The topological polar surface area (TPSA) is 35.5 Å². The second-order valence-electron chi connectivity index (χ2n) is 4.33. The number of hydrogen-bond donors (Lipinski definition) is 0. The van der Waals surface area contributed by atoms with Crippen molar-refractivity contribution in [3.05, 3.63) is 35.8 Å². The number of rotatable bonds is 8. The van der Waals surface area contributed by atoms with Crippen molar-refractivity contribution in [2.45, 2.75) is 39.5 Å². The van der Waals surface area contributed by atoms with Crippen LogP contribution in [-0.4, -0.2) is 19.0 Å². The molecule has 0 bridgehead atoms. The van der Waals surface area contributed by atoms with Gasteiger partial charge < -0.3 is 9.47 Å². The van der Waals surface area contributed by atoms with Crippen LogP contribution in [-0.2, 0) is 14.3 Å². The average molecular weight is 250 g/mol. The zero-order valence-corrected chi connectivity index (χ0v) is 11.3. The Morgan fingerprint density at radius 2 is 1.44 bits per heavy atom. The highest BCUT2D eigenvalue weighted by molar-refractivity contribution is 6.07. The summed E-state index contributed by atoms with van der Waals surface area (Å²) >= 11 is 0. The van der Waals surface area contributed by atoms with Crippen molar-refractivity contribution in [1.29, 1.82) is 0 Å². The van der Waals surface area contributed by atoms with E-state index in [4.69, 9.17) is 9.47 Å². The number of hydrogen-bond acceptors (Lipinski definition) is 3. The summed E-state index contributed by atoms with van der Waals surface area (Å²) in [6, 6.07) is 0. The summed E-state index contributed by atoms with van der Waals surface area (Å²) in [5, 5.41) is 0. The van der Waals surface area contributed by atoms with Gasteiger partial charge in [-0.2, -0.15) is 0 Å². The fourth-order valence-corrected chi connectivity index (χ4v) is 1.50. The maximum absolute atomic E-state index is 12.0. The molecular weight excluding hydrogens is 228 g/mol. The van der Waals surface area contributed by atoms with E-state index in [1.54, 1.807) is 12.2 Å². The number of Topliss-reactive ketones (excluding diaryl/α,β-unsaturated/α-hetero) is 1. The molecule has 3 nitrogen and oxygen atoms in total. The molecule has 3 heteroatoms. The quantitative estimate of drug-likeness (QED) is 0.618. The van der Waals surface area contributed by atoms with Gasteiger partial charge in [-0.15, -0.1) is 0 Å². The minimum absolute atomic E-state index is 0.172. The molecule has 0 saturated heterocycles. The smallest absolute Gasteiger partial charge is 0.262 e. The number of unbranched alkanes of at least 4 members (excludes halogenated alkanes) is 2. The number of allylic oxidation sites excluding steroid dienone is 3. The van der Waals surface area contributed by atoms with E-state index in [9.17, 15) is 4.79 Å². The van der Waals surface area contributed by atoms with Gasteiger partial charge in [0.1, 0.15) is 0 Å². The van der Waals surface area contributed by atoms with E-state index >= 15 is 0 Å². The van der Waals surface area contributed by atoms with Crippen LogP contribution in [0.2, 0.25) is 0 Å². The average Bonchev–Trinajstić information content (AvgIpc) is 2.35. The third-order valence-electron chi connectivity index (χ3n) is 2.59. The molecule has 0 heterocycles. The molecule has 0 fully saturated rings. The lowest BCUT2D eigenvalue weighted by molar-refractivity contribution is -0.119. The van der Waals surface area contributed by atoms with Gasteiger partial charge in [0.05, 0.1) is 13.2 Å². The first-order valence-corrected chi connectivity index (χ1v) is 6.61. The van der Waals surface area contributed by atoms with Gasteiger partial charge in [-0.3, -0.25) is 4.79 Å². The minimum Gasteiger partial charge on any atom is -0.489 e. The SMILES string of the molecule is C=C1C=C(OCCCC)C(=O)C(OCCCC)=C1. The zero-order valence-electron chi connectivity index (χ0n) is 11.3. The van der Waals surface area contributed by atoms with Gasteiger partial charge in [0, 0.05) is 0 Å². The molecule has 0 aromatic rings. The van der Waals surface area contributed by atoms with Crippen LogP contribution in [0.3, 0.4) is 0 Å². The first-order valence-electron chi connectivity index (χ1n) is 6.61. The van der Waals surface area contributed by atoms with Gasteiger partial charge in [-0.25, -0.2) is 0 Å². The van der Waals surface area contributed by atoms with E-state index in [0.29, 0.717) is 24.7 Å². The lowest BCUT2D eigenvalue weighted by atomic mass is 10.1. The van der Waals surface area contributed by atoms with Gasteiger partial charge in [0.2, 0.25) is 0 Å². The van der Waals surface area contributed by atoms with Crippen LogP contribution >= 0.6 is 0 Å². The molecule has 0 N–H and O–H groups in total. The molecule has 0 aliphatic heterocycles. The molecule has 1 rings (SSSR count). The van der Waals surface area contributed by atoms with E-state index in [1.807, 2.05) is 0 Å². The standard InChI is InChI=1S/C15H22O3/c1-4-6-8-17-13-10-12(3)11-14(15(13)16)18-9-7-5-2/h10-11H,3-9H2,1-2H3. The van der Waals surface area contributed by atoms with Gasteiger partial charge in [0.25, 0.3) is 5.78 Å². The van der Waals surface area contributed by atoms with Crippen molar-refractivity contribution in [3.63, 3.8) is 0 Å². The van der Waals surface area contributed by atoms with Crippen LogP contribution in [0.4, 0.5) is 0 Å². The Balaban J connectivity index is 2.56. The molecule has 0 radical (unpaired) electrons. The molecular formula is C15H22O3. The molecule has 1 aliphatic rings. The van der Waals surface area contributed by atoms with Crippen molar-refractivity contribution in [2.24, 2.45) is 0 Å². The number of ether oxygens (including phenoxy) is 2. The van der Waals surface area contributed by atoms with Crippen molar-refractivity contribution in [2.75, 3.05) is 13.2 Å². The fraction of sp³-hybridized carbons (Fsp3) is 0.533. The second-order valence-corrected chi connectivity index (χ2v) is 4.33. The fourth-order valence-electron chi connectivity index (χ4n) is 1.50. The summed E-state index contributed by atoms with van der Waals surface area (Å²) in [4.78, 5) is 12.0. The van der Waals surface area contributed by atoms with Crippen molar-refractivity contribution in [3.8, 4) is 0 Å². The number of carbonyl (C=O) groups is 1. The van der Waals surface area contributed by atoms with E-state index in [2.05, 4.69) is 20.4 Å². The Hall–Kier alpha value is -1.51. The first kappa shape index (κ1) is 14.6. The molecule has 1 aliphatic carbocycles. The molecule has 0 aromatic heterocycles. The molecule has 0 aromatic carbocycles. The molecule has 0 spiro atoms. The monoisotopic (exact) mass is 250 g/mol. The van der Waals surface area contributed by atoms with Crippen molar-refractivity contribution in [1.82, 2.24) is 0 Å². The van der Waals surface area contributed by atoms with Gasteiger partial charge >= 0.3 is 0 Å². The Morgan fingerprint density at radius 3 is 1.83 bits per heavy atom. The summed E-state index contributed by atoms with van der Waals surface area (Å²) in [5.74, 6) is 0.527. The maximum Gasteiger partial charge on any atom is 0.262 e. The molecule has 0 atom stereocenters. The molecule has 100 valence electrons. The Bertz CT molecular complexity index is 332. The highest BCUT2D eigenvalue weighted by Crippen LogP contribution is 2.20. The normalized spacial score (nSPS) is 15.2. The van der Waals surface area contributed by atoms with Crippen molar-refractivity contribution >= 4 is 5.78 Å². The van der Waals surface area contributed by atoms with Gasteiger partial charge in [0.15, 0.2) is 11.5 Å². The maximum atomic E-state index is 12.0. The van der Waals surface area contributed by atoms with Gasteiger partial charge in [-0.05, 0) is 30.6 Å². The highest BCUT2D eigenvalue weighted by Gasteiger charge is 2.22. The molecule has 0 saturated carbocycles. The van der Waals surface area contributed by atoms with E-state index in [-0.39, 0.29) is 5.78 Å². The molecule has 0 unspecified atom stereocenters. The summed E-state index contributed by atoms with van der Waals surface area (Å²) in [6.45, 7) is 9.12. The van der Waals surface area contributed by atoms with Crippen LogP contribution in [0.1, 0.15) is 39.5 Å². The van der Waals surface area contributed by atoms with E-state index in [1.165, 1.54) is 0 Å². The zero-order chi connectivity index (χ0) is 13.4. The number of ketones is 1. The van der Waals surface area contributed by atoms with Crippen LogP contribution in [0.5, 0.6) is 0 Å². The van der Waals surface area contributed by atoms with Crippen LogP contribution in [0.15, 0.2) is 35.8 Å². The summed E-state index contributed by atoms with van der Waals surface area (Å²) in [7, 11) is 0. The predicted octanol–water partition coefficient (Wildman–Crippen LogP) is 3.53. The van der Waals surface area contributed by atoms with Crippen molar-refractivity contribution < 1.29 is 14.3 Å². The van der Waals surface area contributed by atoms with Crippen LogP contribution in [0, 0.1) is 0 Å². The summed E-state index contributed by atoms with van der Waals surface area (Å²) in [6.07, 6.45) is 7.30. The van der Waals surface area contributed by atoms with Gasteiger partial charge in [-0.1, -0.05) is 33.3 Å². The van der Waals surface area contributed by atoms with Crippen LogP contribution < -0.4 is 0 Å². The Labute approximate surface area is 109 Å². The summed E-state index contributed by atoms with van der Waals surface area (Å²) in [5.41, 5.74) is 0.743. The Morgan fingerprint density at radius 1 is 1.00 bits per heavy atom. The van der Waals surface area contributed by atoms with Crippen LogP contribution in [0.25, 0.3) is 0 Å². The van der Waals surface area contributed by atoms with E-state index in [0.717, 1.165) is 31.3 Å². The molecule has 18 heavy (non-hydrogen) atoms. The Kier molecular flexibility index (Phi) is 6.26. The largest absolute Gasteiger partial charge is 0.489 e.